The fourth-order valence-electron chi connectivity index (χ4n) is 3.78. The summed E-state index contributed by atoms with van der Waals surface area (Å²) in [6.07, 6.45) is 0. The van der Waals surface area contributed by atoms with Gasteiger partial charge in [0.25, 0.3) is 0 Å². The molecule has 2 heteroatoms. The van der Waals surface area contributed by atoms with Gasteiger partial charge in [0.05, 0.1) is 22.7 Å². The van der Waals surface area contributed by atoms with Gasteiger partial charge in [-0.2, -0.15) is 5.26 Å². The number of para-hydroxylation sites is 2. The molecule has 0 aliphatic rings. The molecule has 1 heterocycles. The van der Waals surface area contributed by atoms with Crippen LogP contribution in [0.4, 0.5) is 0 Å². The van der Waals surface area contributed by atoms with Gasteiger partial charge in [0.2, 0.25) is 0 Å². The topological polar surface area (TPSA) is 36.7 Å². The number of nitriles is 1. The van der Waals surface area contributed by atoms with Crippen LogP contribution in [0.1, 0.15) is 5.56 Å². The average Bonchev–Trinajstić information content (AvgIpc) is 2.81. The third-order valence-electron chi connectivity index (χ3n) is 5.29. The van der Waals surface area contributed by atoms with E-state index in [1.54, 1.807) is 0 Å². The minimum atomic E-state index is 0.739. The highest BCUT2D eigenvalue weighted by molar-refractivity contribution is 6.00. The highest BCUT2D eigenvalue weighted by Gasteiger charge is 2.01. The molecule has 6 aromatic rings. The van der Waals surface area contributed by atoms with Crippen LogP contribution < -0.4 is 0 Å². The lowest BCUT2D eigenvalue weighted by molar-refractivity contribution is 1.50. The molecule has 0 spiro atoms. The van der Waals surface area contributed by atoms with Gasteiger partial charge in [0, 0.05) is 16.2 Å². The van der Waals surface area contributed by atoms with Gasteiger partial charge in [-0.05, 0) is 52.6 Å². The number of pyridine rings is 1. The highest BCUT2D eigenvalue weighted by Crippen LogP contribution is 2.25. The van der Waals surface area contributed by atoms with Crippen LogP contribution in [0.2, 0.25) is 0 Å². The molecule has 0 aliphatic carbocycles. The molecule has 0 amide bonds. The summed E-state index contributed by atoms with van der Waals surface area (Å²) >= 11 is 0. The summed E-state index contributed by atoms with van der Waals surface area (Å²) in [5.74, 6) is 0. The van der Waals surface area contributed by atoms with Crippen LogP contribution >= 0.6 is 0 Å². The number of fused-ring (bicyclic) bond motifs is 4. The summed E-state index contributed by atoms with van der Waals surface area (Å²) in [6.45, 7) is 0. The van der Waals surface area contributed by atoms with Crippen molar-refractivity contribution in [3.63, 3.8) is 0 Å². The largest absolute Gasteiger partial charge is 0.248 e. The van der Waals surface area contributed by atoms with E-state index in [0.29, 0.717) is 0 Å². The maximum absolute atomic E-state index is 9.06. The number of benzene rings is 5. The molecule has 0 unspecified atom stereocenters. The minimum absolute atomic E-state index is 0.739. The van der Waals surface area contributed by atoms with Crippen molar-refractivity contribution in [3.05, 3.63) is 115 Å². The van der Waals surface area contributed by atoms with Crippen LogP contribution in [0.5, 0.6) is 0 Å². The zero-order valence-electron chi connectivity index (χ0n) is 16.3. The first-order chi connectivity index (χ1) is 14.8. The molecule has 0 bridgehead atoms. The number of hydrogen-bond donors (Lipinski definition) is 0. The van der Waals surface area contributed by atoms with Gasteiger partial charge < -0.3 is 0 Å². The fourth-order valence-corrected chi connectivity index (χ4v) is 3.78. The molecule has 0 saturated heterocycles. The Morgan fingerprint density at radius 2 is 1.00 bits per heavy atom. The maximum atomic E-state index is 9.06. The first-order valence-corrected chi connectivity index (χ1v) is 9.88. The first-order valence-electron chi connectivity index (χ1n) is 9.88. The van der Waals surface area contributed by atoms with Crippen molar-refractivity contribution in [1.29, 1.82) is 5.26 Å². The second-order valence-corrected chi connectivity index (χ2v) is 7.21. The van der Waals surface area contributed by atoms with Gasteiger partial charge in [-0.25, -0.2) is 4.98 Å². The fraction of sp³-hybridized carbons (Fsp3) is 0. The molecular formula is C28H18N2. The van der Waals surface area contributed by atoms with Crippen LogP contribution in [0.25, 0.3) is 43.4 Å². The van der Waals surface area contributed by atoms with E-state index in [0.717, 1.165) is 27.4 Å². The van der Waals surface area contributed by atoms with Gasteiger partial charge in [-0.15, -0.1) is 0 Å². The van der Waals surface area contributed by atoms with Crippen molar-refractivity contribution in [1.82, 2.24) is 4.98 Å². The SMILES string of the molecule is N#Cc1cccc2cc3ccccc3cc12.c1ccc2nc3ccccc3cc2c1. The molecule has 0 N–H and O–H groups in total. The normalized spacial score (nSPS) is 10.6. The van der Waals surface area contributed by atoms with Gasteiger partial charge in [-0.1, -0.05) is 72.8 Å². The van der Waals surface area contributed by atoms with E-state index in [4.69, 9.17) is 5.26 Å². The number of aromatic nitrogens is 1. The summed E-state index contributed by atoms with van der Waals surface area (Å²) in [6, 6.07) is 39.1. The first kappa shape index (κ1) is 17.8. The predicted octanol–water partition coefficient (Wildman–Crippen LogP) is 7.25. The van der Waals surface area contributed by atoms with E-state index in [-0.39, 0.29) is 0 Å². The van der Waals surface area contributed by atoms with Gasteiger partial charge >= 0.3 is 0 Å². The van der Waals surface area contributed by atoms with E-state index in [9.17, 15) is 0 Å². The highest BCUT2D eigenvalue weighted by atomic mass is 14.7. The van der Waals surface area contributed by atoms with E-state index in [1.807, 2.05) is 66.7 Å². The molecule has 6 rings (SSSR count). The monoisotopic (exact) mass is 382 g/mol. The maximum Gasteiger partial charge on any atom is 0.0998 e. The Morgan fingerprint density at radius 1 is 0.500 bits per heavy atom. The molecular weight excluding hydrogens is 364 g/mol. The van der Waals surface area contributed by atoms with Gasteiger partial charge in [0.15, 0.2) is 0 Å². The van der Waals surface area contributed by atoms with E-state index in [1.165, 1.54) is 21.5 Å². The molecule has 1 aromatic heterocycles. The third-order valence-corrected chi connectivity index (χ3v) is 5.29. The molecule has 2 nitrogen and oxygen atoms in total. The zero-order chi connectivity index (χ0) is 20.3. The Kier molecular flexibility index (Phi) is 4.56. The second kappa shape index (κ2) is 7.66. The Bertz CT molecular complexity index is 1450. The molecule has 0 aliphatic heterocycles. The number of nitrogens with zero attached hydrogens (tertiary/aromatic N) is 2. The van der Waals surface area contributed by atoms with Crippen molar-refractivity contribution >= 4 is 43.4 Å². The summed E-state index contributed by atoms with van der Waals surface area (Å²) in [4.78, 5) is 4.58. The lowest BCUT2D eigenvalue weighted by Crippen LogP contribution is -1.80. The van der Waals surface area contributed by atoms with Crippen molar-refractivity contribution in [2.75, 3.05) is 0 Å². The summed E-state index contributed by atoms with van der Waals surface area (Å²) in [5.41, 5.74) is 2.86. The molecule has 0 saturated carbocycles. The average molecular weight is 382 g/mol. The van der Waals surface area contributed by atoms with Crippen molar-refractivity contribution in [3.8, 4) is 6.07 Å². The quantitative estimate of drug-likeness (QED) is 0.259. The molecule has 0 radical (unpaired) electrons. The summed E-state index contributed by atoms with van der Waals surface area (Å²) in [7, 11) is 0. The number of rotatable bonds is 0. The molecule has 0 atom stereocenters. The number of hydrogen-bond acceptors (Lipinski definition) is 2. The zero-order valence-corrected chi connectivity index (χ0v) is 16.3. The van der Waals surface area contributed by atoms with E-state index in [2.05, 4.69) is 53.5 Å². The van der Waals surface area contributed by atoms with Gasteiger partial charge in [0.1, 0.15) is 0 Å². The van der Waals surface area contributed by atoms with Crippen molar-refractivity contribution < 1.29 is 0 Å². The van der Waals surface area contributed by atoms with Crippen LogP contribution in [-0.4, -0.2) is 4.98 Å². The van der Waals surface area contributed by atoms with Crippen LogP contribution in [0.3, 0.4) is 0 Å². The molecule has 5 aromatic carbocycles. The summed E-state index contributed by atoms with van der Waals surface area (Å²) < 4.78 is 0. The Balaban J connectivity index is 0.000000130. The Labute approximate surface area is 174 Å². The molecule has 0 fully saturated rings. The van der Waals surface area contributed by atoms with Crippen LogP contribution in [0.15, 0.2) is 109 Å². The molecule has 30 heavy (non-hydrogen) atoms. The second-order valence-electron chi connectivity index (χ2n) is 7.21. The molecule has 140 valence electrons. The van der Waals surface area contributed by atoms with E-state index < -0.39 is 0 Å². The van der Waals surface area contributed by atoms with Crippen LogP contribution in [-0.2, 0) is 0 Å². The van der Waals surface area contributed by atoms with E-state index >= 15 is 0 Å². The van der Waals surface area contributed by atoms with Crippen molar-refractivity contribution in [2.24, 2.45) is 0 Å². The van der Waals surface area contributed by atoms with Gasteiger partial charge in [-0.3, -0.25) is 0 Å². The minimum Gasteiger partial charge on any atom is -0.248 e. The standard InChI is InChI=1S/C15H9N.C13H9N/c16-10-14-7-3-6-13-8-11-4-1-2-5-12(11)9-15(13)14;1-3-7-12-10(5-1)9-11-6-2-4-8-13(11)14-12/h1-9H;1-9H. The summed E-state index contributed by atoms with van der Waals surface area (Å²) in [5, 5.41) is 16.0. The predicted molar refractivity (Wildman–Crippen MR) is 125 cm³/mol. The Hall–Kier alpha value is -4.22. The van der Waals surface area contributed by atoms with Crippen molar-refractivity contribution in [2.45, 2.75) is 0 Å². The lowest BCUT2D eigenvalue weighted by Gasteiger charge is -2.03. The van der Waals surface area contributed by atoms with Crippen LogP contribution in [0, 0.1) is 11.3 Å². The lowest BCUT2D eigenvalue weighted by atomic mass is 10.0. The smallest absolute Gasteiger partial charge is 0.0998 e. The Morgan fingerprint density at radius 3 is 1.63 bits per heavy atom. The third kappa shape index (κ3) is 3.34.